The molecule has 0 bridgehead atoms. The van der Waals surface area contributed by atoms with Crippen molar-refractivity contribution in [1.29, 1.82) is 0 Å². The summed E-state index contributed by atoms with van der Waals surface area (Å²) in [7, 11) is 0. The number of nitro benzene ring substituents is 1. The van der Waals surface area contributed by atoms with Crippen LogP contribution in [0.15, 0.2) is 59.0 Å². The van der Waals surface area contributed by atoms with E-state index >= 15 is 0 Å². The summed E-state index contributed by atoms with van der Waals surface area (Å²) in [5, 5.41) is 14.8. The number of fused-ring (bicyclic) bond motifs is 1. The van der Waals surface area contributed by atoms with Crippen LogP contribution in [0.3, 0.4) is 0 Å². The van der Waals surface area contributed by atoms with E-state index in [9.17, 15) is 14.9 Å². The summed E-state index contributed by atoms with van der Waals surface area (Å²) in [5.74, 6) is -0.0314. The maximum Gasteiger partial charge on any atom is 0.270 e. The summed E-state index contributed by atoms with van der Waals surface area (Å²) < 4.78 is 6.88. The molecule has 8 nitrogen and oxygen atoms in total. The van der Waals surface area contributed by atoms with Gasteiger partial charge in [0, 0.05) is 34.5 Å². The van der Waals surface area contributed by atoms with Crippen molar-refractivity contribution >= 4 is 68.3 Å². The van der Waals surface area contributed by atoms with Crippen LogP contribution in [0.25, 0.3) is 22.6 Å². The van der Waals surface area contributed by atoms with Crippen LogP contribution in [0.4, 0.5) is 17.1 Å². The molecule has 0 saturated carbocycles. The number of hydrogen-bond donors (Lipinski definition) is 1. The Kier molecular flexibility index (Phi) is 6.61. The molecule has 2 heterocycles. The first-order chi connectivity index (χ1) is 16.9. The number of halogens is 2. The Morgan fingerprint density at radius 3 is 2.66 bits per heavy atom. The highest BCUT2D eigenvalue weighted by Gasteiger charge is 2.22. The number of amides is 1. The molecule has 5 rings (SSSR count). The van der Waals surface area contributed by atoms with E-state index in [2.05, 4.69) is 37.8 Å². The quantitative estimate of drug-likeness (QED) is 0.151. The molecule has 1 N–H and O–H groups in total. The maximum absolute atomic E-state index is 13.3. The molecule has 1 saturated heterocycles. The second-order valence-corrected chi connectivity index (χ2v) is 9.94. The van der Waals surface area contributed by atoms with Gasteiger partial charge in [-0.3, -0.25) is 14.9 Å². The zero-order valence-electron chi connectivity index (χ0n) is 18.5. The number of nitrogens with one attached hydrogen (secondary N) is 1. The summed E-state index contributed by atoms with van der Waals surface area (Å²) >= 11 is 8.52. The van der Waals surface area contributed by atoms with Gasteiger partial charge in [0.05, 0.1) is 26.8 Å². The van der Waals surface area contributed by atoms with Crippen LogP contribution in [0.1, 0.15) is 29.6 Å². The van der Waals surface area contributed by atoms with Crippen LogP contribution >= 0.6 is 34.2 Å². The third-order valence-electron chi connectivity index (χ3n) is 5.94. The summed E-state index contributed by atoms with van der Waals surface area (Å²) in [6.45, 7) is 1.62. The number of rotatable bonds is 5. The van der Waals surface area contributed by atoms with Crippen LogP contribution in [0.5, 0.6) is 0 Å². The minimum atomic E-state index is -0.490. The number of nitro groups is 1. The van der Waals surface area contributed by atoms with E-state index in [1.807, 2.05) is 12.1 Å². The fourth-order valence-corrected chi connectivity index (χ4v) is 4.90. The number of carbonyl (C=O) groups excluding carboxylic acids is 1. The van der Waals surface area contributed by atoms with Gasteiger partial charge in [0.1, 0.15) is 5.52 Å². The lowest BCUT2D eigenvalue weighted by molar-refractivity contribution is -0.384. The zero-order valence-corrected chi connectivity index (χ0v) is 21.4. The Hall–Kier alpha value is -3.18. The highest BCUT2D eigenvalue weighted by Crippen LogP contribution is 2.33. The normalized spacial score (nSPS) is 13.7. The van der Waals surface area contributed by atoms with Gasteiger partial charge in [-0.25, -0.2) is 4.98 Å². The number of oxazole rings is 1. The average Bonchev–Trinajstić information content (AvgIpc) is 3.29. The lowest BCUT2D eigenvalue weighted by Crippen LogP contribution is -2.31. The number of nitrogens with zero attached hydrogens (tertiary/aromatic N) is 3. The first-order valence-electron chi connectivity index (χ1n) is 11.1. The van der Waals surface area contributed by atoms with Gasteiger partial charge in [-0.05, 0) is 84.3 Å². The molecule has 1 aliphatic heterocycles. The Labute approximate surface area is 219 Å². The number of non-ortho nitro benzene ring substituents is 1. The van der Waals surface area contributed by atoms with Crippen LogP contribution in [-0.2, 0) is 0 Å². The van der Waals surface area contributed by atoms with Crippen molar-refractivity contribution in [1.82, 2.24) is 4.98 Å². The standard InChI is InChI=1S/C25H20ClIN4O4/c26-20-7-4-15(27)12-18(20)25-29-21-13-16(5-9-23(21)35-25)28-24(32)19-14-17(31(33)34)6-8-22(19)30-10-2-1-3-11-30/h4-9,12-14H,1-3,10-11H2,(H,28,32). The molecule has 4 aromatic rings. The molecule has 1 aliphatic rings. The fraction of sp³-hybridized carbons (Fsp3) is 0.200. The largest absolute Gasteiger partial charge is 0.436 e. The minimum absolute atomic E-state index is 0.123. The van der Waals surface area contributed by atoms with Crippen molar-refractivity contribution in [2.24, 2.45) is 0 Å². The topological polar surface area (TPSA) is 102 Å². The third kappa shape index (κ3) is 4.96. The van der Waals surface area contributed by atoms with Crippen molar-refractivity contribution in [2.45, 2.75) is 19.3 Å². The second-order valence-electron chi connectivity index (χ2n) is 8.29. The van der Waals surface area contributed by atoms with Gasteiger partial charge < -0.3 is 14.6 Å². The van der Waals surface area contributed by atoms with Crippen molar-refractivity contribution in [3.8, 4) is 11.5 Å². The van der Waals surface area contributed by atoms with E-state index in [4.69, 9.17) is 16.0 Å². The second kappa shape index (κ2) is 9.82. The van der Waals surface area contributed by atoms with E-state index in [-0.39, 0.29) is 11.3 Å². The molecule has 0 aliphatic carbocycles. The number of anilines is 2. The summed E-state index contributed by atoms with van der Waals surface area (Å²) in [4.78, 5) is 30.8. The molecule has 35 heavy (non-hydrogen) atoms. The molecule has 3 aromatic carbocycles. The SMILES string of the molecule is O=C(Nc1ccc2oc(-c3cc(I)ccc3Cl)nc2c1)c1cc([N+](=O)[O-])ccc1N1CCCCC1. The number of hydrogen-bond acceptors (Lipinski definition) is 6. The highest BCUT2D eigenvalue weighted by atomic mass is 127. The monoisotopic (exact) mass is 602 g/mol. The lowest BCUT2D eigenvalue weighted by Gasteiger charge is -2.30. The number of piperidine rings is 1. The van der Waals surface area contributed by atoms with Crippen LogP contribution < -0.4 is 10.2 Å². The summed E-state index contributed by atoms with van der Waals surface area (Å²) in [6.07, 6.45) is 3.18. The molecular weight excluding hydrogens is 583 g/mol. The Morgan fingerprint density at radius 1 is 1.09 bits per heavy atom. The first kappa shape index (κ1) is 23.6. The van der Waals surface area contributed by atoms with Crippen molar-refractivity contribution < 1.29 is 14.1 Å². The molecule has 1 fully saturated rings. The van der Waals surface area contributed by atoms with E-state index in [1.54, 1.807) is 30.3 Å². The smallest absolute Gasteiger partial charge is 0.270 e. The van der Waals surface area contributed by atoms with Gasteiger partial charge in [-0.2, -0.15) is 0 Å². The molecule has 0 unspecified atom stereocenters. The highest BCUT2D eigenvalue weighted by molar-refractivity contribution is 14.1. The van der Waals surface area contributed by atoms with Crippen molar-refractivity contribution in [3.63, 3.8) is 0 Å². The average molecular weight is 603 g/mol. The molecule has 1 amide bonds. The number of aromatic nitrogens is 1. The molecule has 0 spiro atoms. The van der Waals surface area contributed by atoms with Crippen molar-refractivity contribution in [2.75, 3.05) is 23.3 Å². The zero-order chi connectivity index (χ0) is 24.5. The van der Waals surface area contributed by atoms with Gasteiger partial charge in [-0.15, -0.1) is 0 Å². The predicted octanol–water partition coefficient (Wildman–Crippen LogP) is 6.90. The minimum Gasteiger partial charge on any atom is -0.436 e. The third-order valence-corrected chi connectivity index (χ3v) is 6.94. The van der Waals surface area contributed by atoms with Gasteiger partial charge in [0.15, 0.2) is 5.58 Å². The van der Waals surface area contributed by atoms with Gasteiger partial charge in [0.25, 0.3) is 11.6 Å². The Balaban J connectivity index is 1.46. The van der Waals surface area contributed by atoms with Gasteiger partial charge in [0.2, 0.25) is 5.89 Å². The van der Waals surface area contributed by atoms with E-state index in [0.29, 0.717) is 39.0 Å². The first-order valence-corrected chi connectivity index (χ1v) is 12.6. The number of carbonyl (C=O) groups is 1. The molecule has 0 atom stereocenters. The van der Waals surface area contributed by atoms with Gasteiger partial charge in [-0.1, -0.05) is 11.6 Å². The summed E-state index contributed by atoms with van der Waals surface area (Å²) in [5.41, 5.74) is 3.15. The van der Waals surface area contributed by atoms with E-state index in [0.717, 1.165) is 35.9 Å². The lowest BCUT2D eigenvalue weighted by atomic mass is 10.1. The molecule has 0 radical (unpaired) electrons. The predicted molar refractivity (Wildman–Crippen MR) is 144 cm³/mol. The molecule has 1 aromatic heterocycles. The van der Waals surface area contributed by atoms with Crippen LogP contribution in [-0.4, -0.2) is 28.9 Å². The number of benzene rings is 3. The Morgan fingerprint density at radius 2 is 1.89 bits per heavy atom. The van der Waals surface area contributed by atoms with Crippen LogP contribution in [0.2, 0.25) is 5.02 Å². The molecule has 10 heteroatoms. The van der Waals surface area contributed by atoms with Crippen molar-refractivity contribution in [3.05, 3.63) is 78.9 Å². The van der Waals surface area contributed by atoms with E-state index in [1.165, 1.54) is 12.1 Å². The fourth-order valence-electron chi connectivity index (χ4n) is 4.21. The maximum atomic E-state index is 13.3. The van der Waals surface area contributed by atoms with Gasteiger partial charge >= 0.3 is 0 Å². The molecule has 178 valence electrons. The van der Waals surface area contributed by atoms with Crippen LogP contribution in [0, 0.1) is 13.7 Å². The van der Waals surface area contributed by atoms with E-state index < -0.39 is 10.8 Å². The Bertz CT molecular complexity index is 1450. The summed E-state index contributed by atoms with van der Waals surface area (Å²) in [6, 6.07) is 15.2. The molecular formula is C25H20ClIN4O4.